The van der Waals surface area contributed by atoms with Crippen LogP contribution in [0, 0.1) is 6.92 Å². The van der Waals surface area contributed by atoms with Crippen molar-refractivity contribution in [1.82, 2.24) is 5.32 Å². The topological polar surface area (TPSA) is 29.1 Å². The number of rotatable bonds is 1. The molecule has 0 aliphatic rings. The highest BCUT2D eigenvalue weighted by Gasteiger charge is 2.00. The number of carbonyl (C=O) groups is 1. The van der Waals surface area contributed by atoms with Crippen LogP contribution in [0.3, 0.4) is 0 Å². The Morgan fingerprint density at radius 2 is 2.27 bits per heavy atom. The van der Waals surface area contributed by atoms with Crippen LogP contribution >= 0.6 is 0 Å². The lowest BCUT2D eigenvalue weighted by Gasteiger charge is -1.99. The Kier molecular flexibility index (Phi) is 2.26. The molecule has 1 rings (SSSR count). The molecular weight excluding hydrogens is 138 g/mol. The molecule has 0 saturated heterocycles. The van der Waals surface area contributed by atoms with E-state index in [0.717, 1.165) is 5.56 Å². The van der Waals surface area contributed by atoms with Gasteiger partial charge in [0.1, 0.15) is 0 Å². The number of amides is 1. The first-order valence-corrected chi connectivity index (χ1v) is 3.53. The number of nitrogens with one attached hydrogen (secondary N) is 1. The fourth-order valence-corrected chi connectivity index (χ4v) is 0.931. The van der Waals surface area contributed by atoms with Crippen LogP contribution in [0.4, 0.5) is 0 Å². The molecule has 0 aliphatic carbocycles. The molecule has 0 bridgehead atoms. The second-order valence-corrected chi connectivity index (χ2v) is 2.45. The zero-order valence-corrected chi connectivity index (χ0v) is 6.72. The molecule has 0 heterocycles. The maximum atomic E-state index is 11.1. The molecule has 0 unspecified atom stereocenters. The first kappa shape index (κ1) is 7.79. The van der Waals surface area contributed by atoms with Crippen LogP contribution in [0.5, 0.6) is 0 Å². The van der Waals surface area contributed by atoms with Gasteiger partial charge < -0.3 is 5.32 Å². The standard InChI is InChI=1S/C9H11NO.H2/c1-7-4-3-5-8(6-7)9(11)10-2;/h3-6H,1-2H3,(H,10,11);1H. The van der Waals surface area contributed by atoms with Gasteiger partial charge in [0.15, 0.2) is 0 Å². The van der Waals surface area contributed by atoms with E-state index in [2.05, 4.69) is 5.32 Å². The van der Waals surface area contributed by atoms with Gasteiger partial charge in [0.05, 0.1) is 0 Å². The smallest absolute Gasteiger partial charge is 0.251 e. The van der Waals surface area contributed by atoms with Gasteiger partial charge in [-0.1, -0.05) is 17.7 Å². The van der Waals surface area contributed by atoms with Crippen molar-refractivity contribution in [2.75, 3.05) is 7.05 Å². The van der Waals surface area contributed by atoms with Crippen molar-refractivity contribution in [3.63, 3.8) is 0 Å². The molecule has 60 valence electrons. The molecule has 1 amide bonds. The largest absolute Gasteiger partial charge is 0.355 e. The van der Waals surface area contributed by atoms with E-state index in [4.69, 9.17) is 0 Å². The molecule has 11 heavy (non-hydrogen) atoms. The summed E-state index contributed by atoms with van der Waals surface area (Å²) in [4.78, 5) is 11.1. The molecule has 1 N–H and O–H groups in total. The third-order valence-electron chi connectivity index (χ3n) is 1.51. The van der Waals surface area contributed by atoms with Crippen LogP contribution in [0.2, 0.25) is 0 Å². The maximum Gasteiger partial charge on any atom is 0.251 e. The Morgan fingerprint density at radius 3 is 2.82 bits per heavy atom. The lowest BCUT2D eigenvalue weighted by molar-refractivity contribution is 0.0963. The molecule has 1 aromatic carbocycles. The third-order valence-corrected chi connectivity index (χ3v) is 1.51. The normalized spacial score (nSPS) is 9.27. The van der Waals surface area contributed by atoms with Crippen molar-refractivity contribution in [3.05, 3.63) is 35.4 Å². The molecule has 0 saturated carbocycles. The molecule has 0 aliphatic heterocycles. The van der Waals surface area contributed by atoms with Crippen molar-refractivity contribution in [2.24, 2.45) is 0 Å². The number of benzene rings is 1. The number of hydrogen-bond acceptors (Lipinski definition) is 1. The van der Waals surface area contributed by atoms with Crippen LogP contribution in [0.25, 0.3) is 0 Å². The van der Waals surface area contributed by atoms with Crippen LogP contribution < -0.4 is 5.32 Å². The van der Waals surface area contributed by atoms with Crippen molar-refractivity contribution in [2.45, 2.75) is 6.92 Å². The second-order valence-electron chi connectivity index (χ2n) is 2.45. The van der Waals surface area contributed by atoms with E-state index in [1.165, 1.54) is 0 Å². The van der Waals surface area contributed by atoms with E-state index < -0.39 is 0 Å². The molecule has 0 spiro atoms. The quantitative estimate of drug-likeness (QED) is 0.649. The summed E-state index contributed by atoms with van der Waals surface area (Å²) >= 11 is 0. The zero-order valence-electron chi connectivity index (χ0n) is 6.72. The van der Waals surface area contributed by atoms with Gasteiger partial charge in [-0.2, -0.15) is 0 Å². The van der Waals surface area contributed by atoms with E-state index >= 15 is 0 Å². The maximum absolute atomic E-state index is 11.1. The van der Waals surface area contributed by atoms with Gasteiger partial charge in [0.25, 0.3) is 5.91 Å². The van der Waals surface area contributed by atoms with Gasteiger partial charge in [0, 0.05) is 14.0 Å². The first-order valence-electron chi connectivity index (χ1n) is 3.53. The Hall–Kier alpha value is -1.31. The van der Waals surface area contributed by atoms with Crippen LogP contribution in [-0.4, -0.2) is 13.0 Å². The van der Waals surface area contributed by atoms with Crippen LogP contribution in [0.1, 0.15) is 17.3 Å². The van der Waals surface area contributed by atoms with Crippen molar-refractivity contribution in [1.29, 1.82) is 0 Å². The highest BCUT2D eigenvalue weighted by molar-refractivity contribution is 5.94. The fraction of sp³-hybridized carbons (Fsp3) is 0.222. The summed E-state index contributed by atoms with van der Waals surface area (Å²) in [5, 5.41) is 2.57. The molecule has 2 heteroatoms. The molecule has 2 nitrogen and oxygen atoms in total. The molecule has 1 aromatic rings. The van der Waals surface area contributed by atoms with Gasteiger partial charge >= 0.3 is 0 Å². The molecule has 0 radical (unpaired) electrons. The van der Waals surface area contributed by atoms with Gasteiger partial charge in [0.2, 0.25) is 0 Å². The SMILES string of the molecule is CNC(=O)c1cccc(C)c1.[HH]. The summed E-state index contributed by atoms with van der Waals surface area (Å²) in [5.74, 6) is -0.0336. The Labute approximate surface area is 67.7 Å². The van der Waals surface area contributed by atoms with Crippen LogP contribution in [0.15, 0.2) is 24.3 Å². The van der Waals surface area contributed by atoms with Crippen molar-refractivity contribution in [3.8, 4) is 0 Å². The summed E-state index contributed by atoms with van der Waals surface area (Å²) < 4.78 is 0. The summed E-state index contributed by atoms with van der Waals surface area (Å²) in [5.41, 5.74) is 1.82. The summed E-state index contributed by atoms with van der Waals surface area (Å²) in [6, 6.07) is 7.50. The Morgan fingerprint density at radius 1 is 1.55 bits per heavy atom. The summed E-state index contributed by atoms with van der Waals surface area (Å²) in [7, 11) is 1.63. The average molecular weight is 151 g/mol. The van der Waals surface area contributed by atoms with Crippen molar-refractivity contribution < 1.29 is 6.22 Å². The minimum Gasteiger partial charge on any atom is -0.355 e. The third kappa shape index (κ3) is 1.80. The number of aryl methyl sites for hydroxylation is 1. The second kappa shape index (κ2) is 3.19. The fourth-order valence-electron chi connectivity index (χ4n) is 0.931. The summed E-state index contributed by atoms with van der Waals surface area (Å²) in [6.07, 6.45) is 0. The predicted molar refractivity (Wildman–Crippen MR) is 46.7 cm³/mol. The molecule has 0 fully saturated rings. The zero-order chi connectivity index (χ0) is 8.27. The van der Waals surface area contributed by atoms with Gasteiger partial charge in [-0.25, -0.2) is 0 Å². The minimum atomic E-state index is -0.0336. The highest BCUT2D eigenvalue weighted by atomic mass is 16.1. The average Bonchev–Trinajstić information content (AvgIpc) is 2.03. The van der Waals surface area contributed by atoms with E-state index in [1.807, 2.05) is 25.1 Å². The predicted octanol–water partition coefficient (Wildman–Crippen LogP) is 1.60. The minimum absolute atomic E-state index is 0. The Balaban J connectivity index is 0.00000121. The molecule has 0 aromatic heterocycles. The lowest BCUT2D eigenvalue weighted by Crippen LogP contribution is -2.17. The van der Waals surface area contributed by atoms with E-state index in [1.54, 1.807) is 13.1 Å². The van der Waals surface area contributed by atoms with E-state index in [-0.39, 0.29) is 7.33 Å². The molecule has 0 atom stereocenters. The first-order chi connectivity index (χ1) is 5.24. The molecular formula is C9H13NO. The van der Waals surface area contributed by atoms with Gasteiger partial charge in [-0.3, -0.25) is 4.79 Å². The van der Waals surface area contributed by atoms with Crippen LogP contribution in [-0.2, 0) is 0 Å². The van der Waals surface area contributed by atoms with Crippen molar-refractivity contribution >= 4 is 5.91 Å². The monoisotopic (exact) mass is 151 g/mol. The lowest BCUT2D eigenvalue weighted by atomic mass is 10.1. The van der Waals surface area contributed by atoms with E-state index in [0.29, 0.717) is 5.56 Å². The number of hydrogen-bond donors (Lipinski definition) is 1. The van der Waals surface area contributed by atoms with E-state index in [9.17, 15) is 4.79 Å². The van der Waals surface area contributed by atoms with Gasteiger partial charge in [-0.15, -0.1) is 0 Å². The van der Waals surface area contributed by atoms with Gasteiger partial charge in [-0.05, 0) is 19.1 Å². The number of carbonyl (C=O) groups excluding carboxylic acids is 1. The summed E-state index contributed by atoms with van der Waals surface area (Å²) in [6.45, 7) is 1.96. The Bertz CT molecular complexity index is 273. The highest BCUT2D eigenvalue weighted by Crippen LogP contribution is 2.02.